The molecule has 6 heteroatoms. The molecule has 1 saturated heterocycles. The molecule has 0 aliphatic carbocycles. The molecule has 0 atom stereocenters. The van der Waals surface area contributed by atoms with Crippen LogP contribution in [0.25, 0.3) is 0 Å². The number of nitrogens with zero attached hydrogens (tertiary/aromatic N) is 1. The summed E-state index contributed by atoms with van der Waals surface area (Å²) in [5.41, 5.74) is 2.28. The molecule has 0 saturated carbocycles. The van der Waals surface area contributed by atoms with Crippen LogP contribution >= 0.6 is 22.9 Å². The molecule has 1 fully saturated rings. The molecule has 1 aliphatic rings. The van der Waals surface area contributed by atoms with E-state index in [9.17, 15) is 9.59 Å². The maximum atomic E-state index is 12.2. The number of anilines is 2. The number of carbonyl (C=O) groups is 2. The van der Waals surface area contributed by atoms with E-state index in [0.29, 0.717) is 34.2 Å². The number of rotatable bonds is 3. The molecular weight excluding hydrogens is 320 g/mol. The summed E-state index contributed by atoms with van der Waals surface area (Å²) < 4.78 is 0. The van der Waals surface area contributed by atoms with Gasteiger partial charge in [-0.1, -0.05) is 11.6 Å². The molecule has 2 amide bonds. The summed E-state index contributed by atoms with van der Waals surface area (Å²) in [7, 11) is 0. The molecule has 114 valence electrons. The van der Waals surface area contributed by atoms with Crippen molar-refractivity contribution in [2.75, 3.05) is 16.8 Å². The lowest BCUT2D eigenvalue weighted by Gasteiger charge is -2.18. The second-order valence-electron chi connectivity index (χ2n) is 5.20. The highest BCUT2D eigenvalue weighted by atomic mass is 35.5. The third kappa shape index (κ3) is 2.87. The van der Waals surface area contributed by atoms with Gasteiger partial charge in [-0.3, -0.25) is 9.59 Å². The van der Waals surface area contributed by atoms with Gasteiger partial charge in [0.2, 0.25) is 5.91 Å². The zero-order valence-corrected chi connectivity index (χ0v) is 13.6. The van der Waals surface area contributed by atoms with Crippen molar-refractivity contribution in [3.8, 4) is 0 Å². The standard InChI is InChI=1S/C16H15ClN2O2S/c1-10-6-8-22-15(10)16(21)18-11-4-5-13(12(17)9-11)19-7-2-3-14(19)20/h4-6,8-9H,2-3,7H2,1H3,(H,18,21). The van der Waals surface area contributed by atoms with Crippen molar-refractivity contribution < 1.29 is 9.59 Å². The van der Waals surface area contributed by atoms with Crippen LogP contribution in [0.5, 0.6) is 0 Å². The Bertz CT molecular complexity index is 741. The minimum atomic E-state index is -0.145. The number of aryl methyl sites for hydroxylation is 1. The lowest BCUT2D eigenvalue weighted by molar-refractivity contribution is -0.117. The van der Waals surface area contributed by atoms with Crippen LogP contribution in [0.15, 0.2) is 29.6 Å². The van der Waals surface area contributed by atoms with E-state index >= 15 is 0 Å². The number of carbonyl (C=O) groups excluding carboxylic acids is 2. The maximum Gasteiger partial charge on any atom is 0.265 e. The van der Waals surface area contributed by atoms with Gasteiger partial charge in [-0.05, 0) is 48.6 Å². The van der Waals surface area contributed by atoms with Crippen LogP contribution in [0, 0.1) is 6.92 Å². The molecule has 3 rings (SSSR count). The summed E-state index contributed by atoms with van der Waals surface area (Å²) in [5.74, 6) is -0.0542. The van der Waals surface area contributed by atoms with Crippen LogP contribution in [0.3, 0.4) is 0 Å². The molecule has 2 heterocycles. The molecular formula is C16H15ClN2O2S. The van der Waals surface area contributed by atoms with Gasteiger partial charge in [0.25, 0.3) is 5.91 Å². The highest BCUT2D eigenvalue weighted by molar-refractivity contribution is 7.12. The molecule has 0 unspecified atom stereocenters. The van der Waals surface area contributed by atoms with Crippen LogP contribution in [-0.4, -0.2) is 18.4 Å². The Hall–Kier alpha value is -1.85. The molecule has 1 N–H and O–H groups in total. The summed E-state index contributed by atoms with van der Waals surface area (Å²) in [5, 5.41) is 5.20. The fraction of sp³-hybridized carbons (Fsp3) is 0.250. The Kier molecular flexibility index (Phi) is 4.18. The van der Waals surface area contributed by atoms with Crippen LogP contribution in [-0.2, 0) is 4.79 Å². The van der Waals surface area contributed by atoms with Crippen molar-refractivity contribution in [1.29, 1.82) is 0 Å². The van der Waals surface area contributed by atoms with Crippen LogP contribution in [0.2, 0.25) is 5.02 Å². The normalized spacial score (nSPS) is 14.5. The van der Waals surface area contributed by atoms with E-state index in [2.05, 4.69) is 5.32 Å². The molecule has 1 aromatic carbocycles. The Morgan fingerprint density at radius 3 is 2.77 bits per heavy atom. The van der Waals surface area contributed by atoms with Crippen molar-refractivity contribution in [2.24, 2.45) is 0 Å². The number of thiophene rings is 1. The largest absolute Gasteiger partial charge is 0.321 e. The average Bonchev–Trinajstić information content (AvgIpc) is 3.08. The van der Waals surface area contributed by atoms with Crippen LogP contribution < -0.4 is 10.2 Å². The van der Waals surface area contributed by atoms with Gasteiger partial charge >= 0.3 is 0 Å². The lowest BCUT2D eigenvalue weighted by atomic mass is 10.2. The average molecular weight is 335 g/mol. The lowest BCUT2D eigenvalue weighted by Crippen LogP contribution is -2.24. The Morgan fingerprint density at radius 1 is 1.36 bits per heavy atom. The Morgan fingerprint density at radius 2 is 2.18 bits per heavy atom. The molecule has 2 aromatic rings. The highest BCUT2D eigenvalue weighted by Gasteiger charge is 2.23. The van der Waals surface area contributed by atoms with E-state index in [-0.39, 0.29) is 11.8 Å². The zero-order valence-electron chi connectivity index (χ0n) is 12.1. The van der Waals surface area contributed by atoms with E-state index in [1.54, 1.807) is 23.1 Å². The first-order valence-electron chi connectivity index (χ1n) is 7.01. The van der Waals surface area contributed by atoms with Crippen molar-refractivity contribution in [3.63, 3.8) is 0 Å². The van der Waals surface area contributed by atoms with Gasteiger partial charge < -0.3 is 10.2 Å². The predicted molar refractivity (Wildman–Crippen MR) is 90.0 cm³/mol. The predicted octanol–water partition coefficient (Wildman–Crippen LogP) is 4.09. The first kappa shape index (κ1) is 15.1. The van der Waals surface area contributed by atoms with Gasteiger partial charge in [-0.2, -0.15) is 0 Å². The molecule has 22 heavy (non-hydrogen) atoms. The monoisotopic (exact) mass is 334 g/mol. The zero-order chi connectivity index (χ0) is 15.7. The molecule has 1 aliphatic heterocycles. The summed E-state index contributed by atoms with van der Waals surface area (Å²) in [6.07, 6.45) is 1.41. The van der Waals surface area contributed by atoms with Crippen molar-refractivity contribution in [2.45, 2.75) is 19.8 Å². The summed E-state index contributed by atoms with van der Waals surface area (Å²) in [6, 6.07) is 7.15. The van der Waals surface area contributed by atoms with Crippen LogP contribution in [0.4, 0.5) is 11.4 Å². The van der Waals surface area contributed by atoms with Gasteiger partial charge in [0.05, 0.1) is 15.6 Å². The first-order chi connectivity index (χ1) is 10.6. The summed E-state index contributed by atoms with van der Waals surface area (Å²) >= 11 is 7.68. The SMILES string of the molecule is Cc1ccsc1C(=O)Nc1ccc(N2CCCC2=O)c(Cl)c1. The highest BCUT2D eigenvalue weighted by Crippen LogP contribution is 2.32. The smallest absolute Gasteiger partial charge is 0.265 e. The van der Waals surface area contributed by atoms with E-state index in [0.717, 1.165) is 12.0 Å². The van der Waals surface area contributed by atoms with Gasteiger partial charge in [0, 0.05) is 18.7 Å². The molecule has 0 radical (unpaired) electrons. The van der Waals surface area contributed by atoms with Gasteiger partial charge in [0.15, 0.2) is 0 Å². The minimum Gasteiger partial charge on any atom is -0.321 e. The van der Waals surface area contributed by atoms with E-state index in [4.69, 9.17) is 11.6 Å². The number of nitrogens with one attached hydrogen (secondary N) is 1. The van der Waals surface area contributed by atoms with Crippen molar-refractivity contribution >= 4 is 46.1 Å². The van der Waals surface area contributed by atoms with Gasteiger partial charge in [-0.25, -0.2) is 0 Å². The maximum absolute atomic E-state index is 12.2. The number of benzene rings is 1. The second kappa shape index (κ2) is 6.10. The number of hydrogen-bond donors (Lipinski definition) is 1. The number of halogens is 1. The third-order valence-electron chi connectivity index (χ3n) is 3.64. The van der Waals surface area contributed by atoms with Gasteiger partial charge in [-0.15, -0.1) is 11.3 Å². The Labute approximate surface area is 137 Å². The molecule has 0 bridgehead atoms. The van der Waals surface area contributed by atoms with Crippen molar-refractivity contribution in [3.05, 3.63) is 45.1 Å². The van der Waals surface area contributed by atoms with Crippen LogP contribution in [0.1, 0.15) is 28.1 Å². The van der Waals surface area contributed by atoms with E-state index < -0.39 is 0 Å². The minimum absolute atomic E-state index is 0.0906. The molecule has 4 nitrogen and oxygen atoms in total. The van der Waals surface area contributed by atoms with Gasteiger partial charge in [0.1, 0.15) is 0 Å². The second-order valence-corrected chi connectivity index (χ2v) is 6.53. The quantitative estimate of drug-likeness (QED) is 0.919. The summed E-state index contributed by atoms with van der Waals surface area (Å²) in [6.45, 7) is 2.60. The number of hydrogen-bond acceptors (Lipinski definition) is 3. The summed E-state index contributed by atoms with van der Waals surface area (Å²) in [4.78, 5) is 26.4. The fourth-order valence-corrected chi connectivity index (χ4v) is 3.60. The van der Waals surface area contributed by atoms with E-state index in [1.165, 1.54) is 11.3 Å². The fourth-order valence-electron chi connectivity index (χ4n) is 2.50. The first-order valence-corrected chi connectivity index (χ1v) is 8.27. The topological polar surface area (TPSA) is 49.4 Å². The molecule has 1 aromatic heterocycles. The third-order valence-corrected chi connectivity index (χ3v) is 4.96. The molecule has 0 spiro atoms. The van der Waals surface area contributed by atoms with Crippen molar-refractivity contribution in [1.82, 2.24) is 0 Å². The van der Waals surface area contributed by atoms with E-state index in [1.807, 2.05) is 18.4 Å². The Balaban J connectivity index is 1.79. The number of amides is 2.